The van der Waals surface area contributed by atoms with E-state index in [0.717, 1.165) is 22.6 Å². The fourth-order valence-corrected chi connectivity index (χ4v) is 4.52. The third-order valence-corrected chi connectivity index (χ3v) is 6.35. The van der Waals surface area contributed by atoms with E-state index in [1.807, 2.05) is 48.2 Å². The third-order valence-electron chi connectivity index (χ3n) is 6.35. The van der Waals surface area contributed by atoms with Crippen LogP contribution in [0.1, 0.15) is 28.7 Å². The van der Waals surface area contributed by atoms with Crippen molar-refractivity contribution in [2.75, 3.05) is 11.1 Å². The number of amides is 1. The van der Waals surface area contributed by atoms with E-state index in [0.29, 0.717) is 46.5 Å². The zero-order valence-corrected chi connectivity index (χ0v) is 22.0. The molecule has 2 aromatic carbocycles. The first-order valence-electron chi connectivity index (χ1n) is 12.6. The fourth-order valence-electron chi connectivity index (χ4n) is 4.52. The normalized spacial score (nSPS) is 11.2. The summed E-state index contributed by atoms with van der Waals surface area (Å²) in [5, 5.41) is 14.9. The molecule has 40 heavy (non-hydrogen) atoms. The van der Waals surface area contributed by atoms with Gasteiger partial charge in [0, 0.05) is 35.6 Å². The second-order valence-corrected chi connectivity index (χ2v) is 9.16. The number of imidazole rings is 1. The quantitative estimate of drug-likeness (QED) is 0.290. The molecular formula is C28H25N9O3. The predicted molar refractivity (Wildman–Crippen MR) is 148 cm³/mol. The van der Waals surface area contributed by atoms with Crippen LogP contribution in [0.4, 0.5) is 11.5 Å². The number of carbonyl (C=O) groups excluding carboxylic acids is 1. The molecule has 1 amide bonds. The second-order valence-electron chi connectivity index (χ2n) is 9.16. The van der Waals surface area contributed by atoms with Gasteiger partial charge >= 0.3 is 0 Å². The number of hydrogen-bond acceptors (Lipinski definition) is 9. The van der Waals surface area contributed by atoms with Crippen molar-refractivity contribution >= 4 is 28.4 Å². The molecule has 12 heteroatoms. The maximum absolute atomic E-state index is 12.9. The molecule has 200 valence electrons. The Bertz CT molecular complexity index is 1850. The molecule has 0 bridgehead atoms. The molecule has 6 rings (SSSR count). The fraction of sp³-hybridized carbons (Fsp3) is 0.143. The van der Waals surface area contributed by atoms with Crippen molar-refractivity contribution in [1.82, 2.24) is 34.6 Å². The number of aromatic nitrogens is 7. The SMILES string of the molecule is CCn1c(-c2nonc2N)nc2cnc(Oc3cccc(NC(=O)c4ccc(-n5nc(C)cc5C)cc4)c3)cc21. The van der Waals surface area contributed by atoms with Gasteiger partial charge in [0.25, 0.3) is 5.91 Å². The van der Waals surface area contributed by atoms with Crippen LogP contribution in [0.5, 0.6) is 11.6 Å². The molecule has 4 aromatic heterocycles. The topological polar surface area (TPSA) is 152 Å². The van der Waals surface area contributed by atoms with E-state index < -0.39 is 0 Å². The molecule has 0 unspecified atom stereocenters. The lowest BCUT2D eigenvalue weighted by molar-refractivity contribution is 0.102. The predicted octanol–water partition coefficient (Wildman–Crippen LogP) is 4.93. The smallest absolute Gasteiger partial charge is 0.255 e. The van der Waals surface area contributed by atoms with Crippen molar-refractivity contribution in [2.45, 2.75) is 27.3 Å². The number of fused-ring (bicyclic) bond motifs is 1. The maximum Gasteiger partial charge on any atom is 0.255 e. The Balaban J connectivity index is 1.19. The highest BCUT2D eigenvalue weighted by molar-refractivity contribution is 6.04. The molecule has 3 N–H and O–H groups in total. The molecule has 0 atom stereocenters. The summed E-state index contributed by atoms with van der Waals surface area (Å²) in [7, 11) is 0. The van der Waals surface area contributed by atoms with Gasteiger partial charge in [0.1, 0.15) is 11.3 Å². The van der Waals surface area contributed by atoms with Crippen molar-refractivity contribution in [1.29, 1.82) is 0 Å². The zero-order valence-electron chi connectivity index (χ0n) is 22.0. The van der Waals surface area contributed by atoms with Gasteiger partial charge in [-0.2, -0.15) is 5.10 Å². The van der Waals surface area contributed by atoms with Crippen LogP contribution in [0.2, 0.25) is 0 Å². The lowest BCUT2D eigenvalue weighted by atomic mass is 10.2. The maximum atomic E-state index is 12.9. The van der Waals surface area contributed by atoms with E-state index in [-0.39, 0.29) is 11.7 Å². The van der Waals surface area contributed by atoms with Crippen molar-refractivity contribution in [3.63, 3.8) is 0 Å². The Morgan fingerprint density at radius 3 is 2.60 bits per heavy atom. The summed E-state index contributed by atoms with van der Waals surface area (Å²) >= 11 is 0. The number of benzene rings is 2. The number of rotatable bonds is 7. The van der Waals surface area contributed by atoms with Gasteiger partial charge in [-0.25, -0.2) is 19.3 Å². The van der Waals surface area contributed by atoms with Crippen LogP contribution in [-0.2, 0) is 6.54 Å². The standard InChI is InChI=1S/C28H25N9O3/c1-4-36-23-14-24(30-15-22(23)32-27(36)25-26(29)35-40-34-25)39-21-7-5-6-19(13-21)31-28(38)18-8-10-20(11-9-18)37-17(3)12-16(2)33-37/h5-15H,4H2,1-3H3,(H2,29,35)(H,31,38). The monoisotopic (exact) mass is 535 g/mol. The van der Waals surface area contributed by atoms with Crippen molar-refractivity contribution in [3.8, 4) is 28.8 Å². The Morgan fingerprint density at radius 2 is 1.90 bits per heavy atom. The average Bonchev–Trinajstić information content (AvgIpc) is 3.64. The van der Waals surface area contributed by atoms with Crippen LogP contribution in [0.15, 0.2) is 71.5 Å². The number of pyridine rings is 1. The molecule has 0 aliphatic heterocycles. The summed E-state index contributed by atoms with van der Waals surface area (Å²) in [6.45, 7) is 6.52. The minimum absolute atomic E-state index is 0.160. The van der Waals surface area contributed by atoms with Crippen LogP contribution in [-0.4, -0.2) is 40.5 Å². The minimum atomic E-state index is -0.238. The molecule has 0 fully saturated rings. The number of hydrogen-bond donors (Lipinski definition) is 2. The number of carbonyl (C=O) groups is 1. The van der Waals surface area contributed by atoms with Crippen LogP contribution < -0.4 is 15.8 Å². The highest BCUT2D eigenvalue weighted by atomic mass is 16.6. The number of nitrogen functional groups attached to an aromatic ring is 1. The Labute approximate surface area is 228 Å². The van der Waals surface area contributed by atoms with Crippen molar-refractivity contribution < 1.29 is 14.2 Å². The summed E-state index contributed by atoms with van der Waals surface area (Å²) in [5.41, 5.74) is 11.6. The van der Waals surface area contributed by atoms with E-state index in [9.17, 15) is 4.79 Å². The first kappa shape index (κ1) is 24.8. The van der Waals surface area contributed by atoms with E-state index in [2.05, 4.69) is 30.7 Å². The average molecular weight is 536 g/mol. The number of aryl methyl sites for hydroxylation is 3. The molecule has 0 radical (unpaired) electrons. The Kier molecular flexibility index (Phi) is 6.19. The minimum Gasteiger partial charge on any atom is -0.439 e. The van der Waals surface area contributed by atoms with Crippen LogP contribution in [0.25, 0.3) is 28.2 Å². The van der Waals surface area contributed by atoms with Crippen LogP contribution in [0.3, 0.4) is 0 Å². The summed E-state index contributed by atoms with van der Waals surface area (Å²) in [4.78, 5) is 21.9. The molecule has 0 aliphatic rings. The summed E-state index contributed by atoms with van der Waals surface area (Å²) in [6.07, 6.45) is 1.62. The lowest BCUT2D eigenvalue weighted by Gasteiger charge is -2.10. The van der Waals surface area contributed by atoms with Gasteiger partial charge in [-0.05, 0) is 73.5 Å². The molecule has 4 heterocycles. The summed E-state index contributed by atoms with van der Waals surface area (Å²) in [6, 6.07) is 18.2. The molecule has 6 aromatic rings. The number of nitrogens with two attached hydrogens (primary N) is 1. The molecule has 0 aliphatic carbocycles. The lowest BCUT2D eigenvalue weighted by Crippen LogP contribution is -2.12. The van der Waals surface area contributed by atoms with E-state index >= 15 is 0 Å². The van der Waals surface area contributed by atoms with Crippen molar-refractivity contribution in [3.05, 3.63) is 83.8 Å². The third kappa shape index (κ3) is 4.62. The van der Waals surface area contributed by atoms with Gasteiger partial charge in [-0.1, -0.05) is 6.07 Å². The van der Waals surface area contributed by atoms with Gasteiger partial charge < -0.3 is 20.4 Å². The highest BCUT2D eigenvalue weighted by Crippen LogP contribution is 2.30. The first-order valence-corrected chi connectivity index (χ1v) is 12.6. The van der Waals surface area contributed by atoms with Gasteiger partial charge in [0.2, 0.25) is 5.88 Å². The van der Waals surface area contributed by atoms with Gasteiger partial charge in [-0.15, -0.1) is 0 Å². The molecule has 12 nitrogen and oxygen atoms in total. The van der Waals surface area contributed by atoms with E-state index in [1.165, 1.54) is 0 Å². The largest absolute Gasteiger partial charge is 0.439 e. The summed E-state index contributed by atoms with van der Waals surface area (Å²) < 4.78 is 14.5. The van der Waals surface area contributed by atoms with Gasteiger partial charge in [0.05, 0.1) is 23.1 Å². The molecule has 0 saturated heterocycles. The van der Waals surface area contributed by atoms with Gasteiger partial charge in [-0.3, -0.25) is 4.79 Å². The number of nitrogens with zero attached hydrogens (tertiary/aromatic N) is 7. The Hall–Kier alpha value is -5.52. The van der Waals surface area contributed by atoms with E-state index in [4.69, 9.17) is 15.1 Å². The second kappa shape index (κ2) is 9.98. The number of anilines is 2. The molecule has 0 spiro atoms. The van der Waals surface area contributed by atoms with Crippen LogP contribution >= 0.6 is 0 Å². The zero-order chi connectivity index (χ0) is 27.8. The molecule has 0 saturated carbocycles. The number of nitrogens with one attached hydrogen (secondary N) is 1. The highest BCUT2D eigenvalue weighted by Gasteiger charge is 2.19. The van der Waals surface area contributed by atoms with Crippen LogP contribution in [0, 0.1) is 13.8 Å². The molecular weight excluding hydrogens is 510 g/mol. The summed E-state index contributed by atoms with van der Waals surface area (Å²) in [5.74, 6) is 1.33. The first-order chi connectivity index (χ1) is 19.4. The van der Waals surface area contributed by atoms with E-state index in [1.54, 1.807) is 48.7 Å². The Morgan fingerprint density at radius 1 is 1.07 bits per heavy atom. The van der Waals surface area contributed by atoms with Crippen molar-refractivity contribution in [2.24, 2.45) is 0 Å². The number of ether oxygens (including phenoxy) is 1. The van der Waals surface area contributed by atoms with Gasteiger partial charge in [0.15, 0.2) is 17.3 Å².